The van der Waals surface area contributed by atoms with Crippen molar-refractivity contribution in [2.45, 2.75) is 26.8 Å². The first-order valence-electron chi connectivity index (χ1n) is 5.43. The van der Waals surface area contributed by atoms with Gasteiger partial charge in [-0.05, 0) is 25.6 Å². The molecule has 0 spiro atoms. The molecule has 0 N–H and O–H groups in total. The van der Waals surface area contributed by atoms with E-state index < -0.39 is 0 Å². The lowest BCUT2D eigenvalue weighted by atomic mass is 10.0. The Balaban J connectivity index is 2.97. The van der Waals surface area contributed by atoms with Gasteiger partial charge in [0, 0.05) is 0 Å². The van der Waals surface area contributed by atoms with Crippen LogP contribution in [0.1, 0.15) is 31.0 Å². The van der Waals surface area contributed by atoms with Crippen LogP contribution in [-0.4, -0.2) is 18.0 Å². The molecule has 1 unspecified atom stereocenters. The standard InChI is InChI=1S/C13H18N2/c1-4-15(5-2)13(10-14)12-8-6-7-11(3)9-12/h6-9,13H,4-5H2,1-3H3. The molecule has 0 bridgehead atoms. The highest BCUT2D eigenvalue weighted by Gasteiger charge is 2.16. The van der Waals surface area contributed by atoms with Crippen LogP contribution in [0, 0.1) is 18.3 Å². The van der Waals surface area contributed by atoms with E-state index in [1.54, 1.807) is 0 Å². The topological polar surface area (TPSA) is 27.0 Å². The third kappa shape index (κ3) is 2.81. The number of rotatable bonds is 4. The van der Waals surface area contributed by atoms with Crippen molar-refractivity contribution in [2.75, 3.05) is 13.1 Å². The molecule has 1 atom stereocenters. The zero-order chi connectivity index (χ0) is 11.3. The smallest absolute Gasteiger partial charge is 0.123 e. The molecule has 0 amide bonds. The molecule has 0 aliphatic carbocycles. The predicted molar refractivity (Wildman–Crippen MR) is 62.5 cm³/mol. The van der Waals surface area contributed by atoms with Crippen LogP contribution < -0.4 is 0 Å². The molecule has 80 valence electrons. The lowest BCUT2D eigenvalue weighted by Gasteiger charge is -2.24. The average molecular weight is 202 g/mol. The van der Waals surface area contributed by atoms with E-state index in [1.165, 1.54) is 5.56 Å². The monoisotopic (exact) mass is 202 g/mol. The van der Waals surface area contributed by atoms with Crippen molar-refractivity contribution in [3.8, 4) is 6.07 Å². The van der Waals surface area contributed by atoms with Crippen LogP contribution in [0.5, 0.6) is 0 Å². The van der Waals surface area contributed by atoms with Crippen molar-refractivity contribution < 1.29 is 0 Å². The third-order valence-electron chi connectivity index (χ3n) is 2.66. The Morgan fingerprint density at radius 2 is 2.00 bits per heavy atom. The molecule has 0 heterocycles. The van der Waals surface area contributed by atoms with Crippen LogP contribution in [0.15, 0.2) is 24.3 Å². The highest BCUT2D eigenvalue weighted by Crippen LogP contribution is 2.20. The number of benzene rings is 1. The zero-order valence-corrected chi connectivity index (χ0v) is 9.70. The van der Waals surface area contributed by atoms with Gasteiger partial charge in [0.25, 0.3) is 0 Å². The SMILES string of the molecule is CCN(CC)C(C#N)c1cccc(C)c1. The van der Waals surface area contributed by atoms with Gasteiger partial charge in [-0.2, -0.15) is 5.26 Å². The van der Waals surface area contributed by atoms with E-state index in [1.807, 2.05) is 12.1 Å². The number of hydrogen-bond donors (Lipinski definition) is 0. The first kappa shape index (κ1) is 11.7. The fourth-order valence-electron chi connectivity index (χ4n) is 1.80. The van der Waals surface area contributed by atoms with Gasteiger partial charge in [-0.25, -0.2) is 0 Å². The highest BCUT2D eigenvalue weighted by molar-refractivity contribution is 5.28. The molecule has 0 saturated carbocycles. The van der Waals surface area contributed by atoms with Crippen molar-refractivity contribution in [3.05, 3.63) is 35.4 Å². The van der Waals surface area contributed by atoms with Crippen molar-refractivity contribution in [1.29, 1.82) is 5.26 Å². The molecule has 0 aliphatic heterocycles. The molecule has 0 saturated heterocycles. The molecule has 1 aromatic carbocycles. The van der Waals surface area contributed by atoms with Gasteiger partial charge in [0.15, 0.2) is 0 Å². The van der Waals surface area contributed by atoms with E-state index in [-0.39, 0.29) is 6.04 Å². The van der Waals surface area contributed by atoms with Crippen LogP contribution >= 0.6 is 0 Å². The first-order chi connectivity index (χ1) is 7.22. The molecule has 0 radical (unpaired) electrons. The van der Waals surface area contributed by atoms with Crippen molar-refractivity contribution >= 4 is 0 Å². The van der Waals surface area contributed by atoms with Gasteiger partial charge in [-0.15, -0.1) is 0 Å². The second kappa shape index (κ2) is 5.53. The molecule has 1 rings (SSSR count). The Morgan fingerprint density at radius 3 is 2.47 bits per heavy atom. The van der Waals surface area contributed by atoms with E-state index in [0.717, 1.165) is 18.7 Å². The lowest BCUT2D eigenvalue weighted by Crippen LogP contribution is -2.27. The molecule has 2 heteroatoms. The molecule has 2 nitrogen and oxygen atoms in total. The van der Waals surface area contributed by atoms with E-state index in [0.29, 0.717) is 0 Å². The molecule has 0 aliphatic rings. The summed E-state index contributed by atoms with van der Waals surface area (Å²) in [5.41, 5.74) is 2.31. The van der Waals surface area contributed by atoms with Gasteiger partial charge in [-0.3, -0.25) is 4.90 Å². The van der Waals surface area contributed by atoms with Gasteiger partial charge < -0.3 is 0 Å². The lowest BCUT2D eigenvalue weighted by molar-refractivity contribution is 0.262. The summed E-state index contributed by atoms with van der Waals surface area (Å²) in [4.78, 5) is 2.16. The van der Waals surface area contributed by atoms with Gasteiger partial charge in [0.1, 0.15) is 6.04 Å². The van der Waals surface area contributed by atoms with Crippen molar-refractivity contribution in [1.82, 2.24) is 4.90 Å². The van der Waals surface area contributed by atoms with Crippen molar-refractivity contribution in [2.24, 2.45) is 0 Å². The fraction of sp³-hybridized carbons (Fsp3) is 0.462. The predicted octanol–water partition coefficient (Wildman–Crippen LogP) is 2.90. The van der Waals surface area contributed by atoms with E-state index >= 15 is 0 Å². The van der Waals surface area contributed by atoms with Crippen LogP contribution in [-0.2, 0) is 0 Å². The maximum Gasteiger partial charge on any atom is 0.123 e. The number of aryl methyl sites for hydroxylation is 1. The summed E-state index contributed by atoms with van der Waals surface area (Å²) < 4.78 is 0. The maximum absolute atomic E-state index is 9.21. The van der Waals surface area contributed by atoms with Gasteiger partial charge in [0.05, 0.1) is 6.07 Å². The summed E-state index contributed by atoms with van der Waals surface area (Å²) in [6, 6.07) is 10.4. The largest absolute Gasteiger partial charge is 0.285 e. The summed E-state index contributed by atoms with van der Waals surface area (Å²) >= 11 is 0. The van der Waals surface area contributed by atoms with Crippen LogP contribution in [0.3, 0.4) is 0 Å². The summed E-state index contributed by atoms with van der Waals surface area (Å²) in [5.74, 6) is 0. The molecule has 0 aromatic heterocycles. The van der Waals surface area contributed by atoms with Gasteiger partial charge in [0.2, 0.25) is 0 Å². The second-order valence-electron chi connectivity index (χ2n) is 3.67. The van der Waals surface area contributed by atoms with Crippen molar-refractivity contribution in [3.63, 3.8) is 0 Å². The van der Waals surface area contributed by atoms with Crippen LogP contribution in [0.25, 0.3) is 0 Å². The highest BCUT2D eigenvalue weighted by atomic mass is 15.1. The molecule has 0 fully saturated rings. The second-order valence-corrected chi connectivity index (χ2v) is 3.67. The Kier molecular flexibility index (Phi) is 4.33. The third-order valence-corrected chi connectivity index (χ3v) is 2.66. The average Bonchev–Trinajstić information content (AvgIpc) is 2.25. The zero-order valence-electron chi connectivity index (χ0n) is 9.70. The Bertz CT molecular complexity index is 348. The Labute approximate surface area is 92.1 Å². The summed E-state index contributed by atoms with van der Waals surface area (Å²) in [5, 5.41) is 9.21. The summed E-state index contributed by atoms with van der Waals surface area (Å²) in [6.07, 6.45) is 0. The van der Waals surface area contributed by atoms with E-state index in [2.05, 4.69) is 43.9 Å². The molecule has 15 heavy (non-hydrogen) atoms. The Hall–Kier alpha value is -1.33. The first-order valence-corrected chi connectivity index (χ1v) is 5.43. The molecular formula is C13H18N2. The molecule has 1 aromatic rings. The minimum atomic E-state index is -0.111. The number of nitrogens with zero attached hydrogens (tertiary/aromatic N) is 2. The quantitative estimate of drug-likeness (QED) is 0.750. The molecular weight excluding hydrogens is 184 g/mol. The Morgan fingerprint density at radius 1 is 1.33 bits per heavy atom. The van der Waals surface area contributed by atoms with E-state index in [4.69, 9.17) is 0 Å². The maximum atomic E-state index is 9.21. The fourth-order valence-corrected chi connectivity index (χ4v) is 1.80. The minimum Gasteiger partial charge on any atom is -0.285 e. The van der Waals surface area contributed by atoms with Gasteiger partial charge in [-0.1, -0.05) is 43.7 Å². The number of hydrogen-bond acceptors (Lipinski definition) is 2. The van der Waals surface area contributed by atoms with E-state index in [9.17, 15) is 5.26 Å². The normalized spacial score (nSPS) is 12.5. The van der Waals surface area contributed by atoms with Gasteiger partial charge >= 0.3 is 0 Å². The van der Waals surface area contributed by atoms with Crippen LogP contribution in [0.2, 0.25) is 0 Å². The number of nitriles is 1. The van der Waals surface area contributed by atoms with Crippen LogP contribution in [0.4, 0.5) is 0 Å². The minimum absolute atomic E-state index is 0.111. The summed E-state index contributed by atoms with van der Waals surface area (Å²) in [7, 11) is 0. The summed E-state index contributed by atoms with van der Waals surface area (Å²) in [6.45, 7) is 8.04.